The maximum absolute atomic E-state index is 5.70. The van der Waals surface area contributed by atoms with Crippen molar-refractivity contribution in [2.24, 2.45) is 5.73 Å². The fraction of sp³-hybridized carbons (Fsp3) is 0.600. The van der Waals surface area contributed by atoms with Gasteiger partial charge >= 0.3 is 0 Å². The van der Waals surface area contributed by atoms with Crippen LogP contribution in [0.4, 0.5) is 0 Å². The molecule has 0 aliphatic rings. The van der Waals surface area contributed by atoms with E-state index < -0.39 is 0 Å². The van der Waals surface area contributed by atoms with E-state index in [-0.39, 0.29) is 0 Å². The number of nitrogens with two attached hydrogens (primary N) is 1. The van der Waals surface area contributed by atoms with E-state index in [1.807, 2.05) is 24.3 Å². The normalized spacial score (nSPS) is 10.3. The summed E-state index contributed by atoms with van der Waals surface area (Å²) in [6.45, 7) is 4.08. The summed E-state index contributed by atoms with van der Waals surface area (Å²) in [5.41, 5.74) is 5.40. The molecule has 0 atom stereocenters. The zero-order chi connectivity index (χ0) is 13.1. The van der Waals surface area contributed by atoms with Crippen molar-refractivity contribution >= 4 is 0 Å². The van der Waals surface area contributed by atoms with Crippen molar-refractivity contribution in [1.29, 1.82) is 0 Å². The Labute approximate surface area is 110 Å². The monoisotopic (exact) mass is 251 g/mol. The third kappa shape index (κ3) is 6.50. The summed E-state index contributed by atoms with van der Waals surface area (Å²) in [5, 5.41) is 0. The molecule has 0 aliphatic heterocycles. The predicted molar refractivity (Wildman–Crippen MR) is 75.2 cm³/mol. The summed E-state index contributed by atoms with van der Waals surface area (Å²) in [5.74, 6) is 1.70. The van der Waals surface area contributed by atoms with Crippen LogP contribution in [-0.4, -0.2) is 19.8 Å². The van der Waals surface area contributed by atoms with Gasteiger partial charge in [0, 0.05) is 12.6 Å². The summed E-state index contributed by atoms with van der Waals surface area (Å²) in [6, 6.07) is 7.74. The smallest absolute Gasteiger partial charge is 0.123 e. The SMILES string of the molecule is CCCCCCCOc1cccc(OCCN)c1. The number of hydrogen-bond donors (Lipinski definition) is 1. The van der Waals surface area contributed by atoms with Crippen LogP contribution in [0.5, 0.6) is 11.5 Å². The molecule has 3 nitrogen and oxygen atoms in total. The Morgan fingerprint density at radius 3 is 2.28 bits per heavy atom. The van der Waals surface area contributed by atoms with Gasteiger partial charge in [0.15, 0.2) is 0 Å². The van der Waals surface area contributed by atoms with Gasteiger partial charge in [-0.1, -0.05) is 38.7 Å². The molecule has 0 spiro atoms. The first-order chi connectivity index (χ1) is 8.86. The lowest BCUT2D eigenvalue weighted by atomic mass is 10.2. The fourth-order valence-electron chi connectivity index (χ4n) is 1.73. The molecule has 2 N–H and O–H groups in total. The molecule has 0 aliphatic carbocycles. The molecule has 1 aromatic carbocycles. The Morgan fingerprint density at radius 2 is 1.61 bits per heavy atom. The summed E-state index contributed by atoms with van der Waals surface area (Å²) in [4.78, 5) is 0. The van der Waals surface area contributed by atoms with Crippen molar-refractivity contribution in [1.82, 2.24) is 0 Å². The summed E-state index contributed by atoms with van der Waals surface area (Å²) in [7, 11) is 0. The van der Waals surface area contributed by atoms with Gasteiger partial charge in [-0.2, -0.15) is 0 Å². The third-order valence-electron chi connectivity index (χ3n) is 2.71. The molecule has 0 radical (unpaired) electrons. The maximum atomic E-state index is 5.70. The Balaban J connectivity index is 2.20. The van der Waals surface area contributed by atoms with E-state index >= 15 is 0 Å². The minimum absolute atomic E-state index is 0.530. The van der Waals surface area contributed by atoms with Crippen LogP contribution in [0.2, 0.25) is 0 Å². The fourth-order valence-corrected chi connectivity index (χ4v) is 1.73. The first kappa shape index (κ1) is 14.8. The molecule has 102 valence electrons. The molecule has 0 bridgehead atoms. The van der Waals surface area contributed by atoms with Crippen molar-refractivity contribution < 1.29 is 9.47 Å². The lowest BCUT2D eigenvalue weighted by Gasteiger charge is -2.08. The molecular formula is C15H25NO2. The van der Waals surface area contributed by atoms with Crippen LogP contribution in [-0.2, 0) is 0 Å². The van der Waals surface area contributed by atoms with Crippen LogP contribution in [0.25, 0.3) is 0 Å². The number of hydrogen-bond acceptors (Lipinski definition) is 3. The van der Waals surface area contributed by atoms with Gasteiger partial charge < -0.3 is 15.2 Å². The third-order valence-corrected chi connectivity index (χ3v) is 2.71. The molecule has 0 heterocycles. The second-order valence-corrected chi connectivity index (χ2v) is 4.37. The highest BCUT2D eigenvalue weighted by Gasteiger charge is 1.97. The van der Waals surface area contributed by atoms with E-state index in [0.29, 0.717) is 13.2 Å². The second-order valence-electron chi connectivity index (χ2n) is 4.37. The molecule has 1 rings (SSSR count). The first-order valence-electron chi connectivity index (χ1n) is 6.92. The van der Waals surface area contributed by atoms with Gasteiger partial charge in [0.2, 0.25) is 0 Å². The summed E-state index contributed by atoms with van der Waals surface area (Å²) in [6.07, 6.45) is 6.27. The number of benzene rings is 1. The highest BCUT2D eigenvalue weighted by Crippen LogP contribution is 2.19. The lowest BCUT2D eigenvalue weighted by molar-refractivity contribution is 0.297. The van der Waals surface area contributed by atoms with Crippen LogP contribution in [0, 0.1) is 0 Å². The molecule has 0 fully saturated rings. The zero-order valence-corrected chi connectivity index (χ0v) is 11.4. The van der Waals surface area contributed by atoms with E-state index in [4.69, 9.17) is 15.2 Å². The van der Waals surface area contributed by atoms with Gasteiger partial charge in [0.1, 0.15) is 18.1 Å². The highest BCUT2D eigenvalue weighted by atomic mass is 16.5. The first-order valence-corrected chi connectivity index (χ1v) is 6.92. The van der Waals surface area contributed by atoms with Crippen molar-refractivity contribution in [3.63, 3.8) is 0 Å². The van der Waals surface area contributed by atoms with Gasteiger partial charge in [-0.05, 0) is 18.6 Å². The van der Waals surface area contributed by atoms with E-state index in [2.05, 4.69) is 6.92 Å². The quantitative estimate of drug-likeness (QED) is 0.648. The lowest BCUT2D eigenvalue weighted by Crippen LogP contribution is -2.10. The molecule has 0 saturated heterocycles. The number of unbranched alkanes of at least 4 members (excludes halogenated alkanes) is 4. The maximum Gasteiger partial charge on any atom is 0.123 e. The molecule has 3 heteroatoms. The van der Waals surface area contributed by atoms with E-state index in [1.165, 1.54) is 25.7 Å². The molecule has 0 saturated carbocycles. The Hall–Kier alpha value is -1.22. The standard InChI is InChI=1S/C15H25NO2/c1-2-3-4-5-6-11-17-14-8-7-9-15(13-14)18-12-10-16/h7-9,13H,2-6,10-12,16H2,1H3. The average Bonchev–Trinajstić information content (AvgIpc) is 2.41. The summed E-state index contributed by atoms with van der Waals surface area (Å²) < 4.78 is 11.1. The molecule has 1 aromatic rings. The van der Waals surface area contributed by atoms with Crippen molar-refractivity contribution in [3.05, 3.63) is 24.3 Å². The average molecular weight is 251 g/mol. The Bertz CT molecular complexity index is 315. The van der Waals surface area contributed by atoms with Gasteiger partial charge in [0.05, 0.1) is 6.61 Å². The van der Waals surface area contributed by atoms with Gasteiger partial charge in [-0.25, -0.2) is 0 Å². The predicted octanol–water partition coefficient (Wildman–Crippen LogP) is 3.37. The van der Waals surface area contributed by atoms with Crippen LogP contribution >= 0.6 is 0 Å². The largest absolute Gasteiger partial charge is 0.493 e. The minimum Gasteiger partial charge on any atom is -0.493 e. The summed E-state index contributed by atoms with van der Waals surface area (Å²) >= 11 is 0. The van der Waals surface area contributed by atoms with Crippen LogP contribution in [0.1, 0.15) is 39.0 Å². The number of ether oxygens (including phenoxy) is 2. The van der Waals surface area contributed by atoms with E-state index in [9.17, 15) is 0 Å². The molecule has 18 heavy (non-hydrogen) atoms. The molecular weight excluding hydrogens is 226 g/mol. The van der Waals surface area contributed by atoms with Crippen molar-refractivity contribution in [3.8, 4) is 11.5 Å². The van der Waals surface area contributed by atoms with Crippen LogP contribution in [0.3, 0.4) is 0 Å². The van der Waals surface area contributed by atoms with Crippen LogP contribution in [0.15, 0.2) is 24.3 Å². The van der Waals surface area contributed by atoms with Crippen molar-refractivity contribution in [2.75, 3.05) is 19.8 Å². The minimum atomic E-state index is 0.530. The molecule has 0 amide bonds. The van der Waals surface area contributed by atoms with Gasteiger partial charge in [0.25, 0.3) is 0 Å². The topological polar surface area (TPSA) is 44.5 Å². The second kappa shape index (κ2) is 9.77. The van der Waals surface area contributed by atoms with Crippen LogP contribution < -0.4 is 15.2 Å². The van der Waals surface area contributed by atoms with Crippen molar-refractivity contribution in [2.45, 2.75) is 39.0 Å². The molecule has 0 aromatic heterocycles. The zero-order valence-electron chi connectivity index (χ0n) is 11.4. The Morgan fingerprint density at radius 1 is 0.944 bits per heavy atom. The Kier molecular flexibility index (Phi) is 8.06. The van der Waals surface area contributed by atoms with E-state index in [1.54, 1.807) is 0 Å². The number of rotatable bonds is 10. The van der Waals surface area contributed by atoms with Gasteiger partial charge in [-0.3, -0.25) is 0 Å². The molecule has 0 unspecified atom stereocenters. The van der Waals surface area contributed by atoms with Gasteiger partial charge in [-0.15, -0.1) is 0 Å². The highest BCUT2D eigenvalue weighted by molar-refractivity contribution is 5.32. The van der Waals surface area contributed by atoms with E-state index in [0.717, 1.165) is 24.5 Å².